The van der Waals surface area contributed by atoms with Crippen LogP contribution in [0.1, 0.15) is 54.7 Å². The zero-order valence-electron chi connectivity index (χ0n) is 20.9. The molecule has 0 spiro atoms. The Balaban J connectivity index is 1.18. The molecule has 188 valence electrons. The maximum atomic E-state index is 11.8. The van der Waals surface area contributed by atoms with E-state index >= 15 is 0 Å². The maximum absolute atomic E-state index is 11.8. The van der Waals surface area contributed by atoms with Gasteiger partial charge in [0.25, 0.3) is 0 Å². The van der Waals surface area contributed by atoms with Crippen LogP contribution in [0.3, 0.4) is 0 Å². The largest absolute Gasteiger partial charge is 0.490 e. The highest BCUT2D eigenvalue weighted by Gasteiger charge is 2.23. The lowest BCUT2D eigenvalue weighted by atomic mass is 9.88. The van der Waals surface area contributed by atoms with Crippen molar-refractivity contribution >= 4 is 27.6 Å². The van der Waals surface area contributed by atoms with Gasteiger partial charge in [0, 0.05) is 18.0 Å². The molecule has 1 fully saturated rings. The molecule has 0 bridgehead atoms. The molecule has 1 aliphatic heterocycles. The summed E-state index contributed by atoms with van der Waals surface area (Å²) in [5, 5.41) is 23.7. The maximum Gasteiger partial charge on any atom is 0.352 e. The summed E-state index contributed by atoms with van der Waals surface area (Å²) in [7, 11) is 0. The first-order valence-corrected chi connectivity index (χ1v) is 12.8. The first kappa shape index (κ1) is 24.3. The Morgan fingerprint density at radius 3 is 2.47 bits per heavy atom. The number of aromatic carboxylic acids is 1. The average Bonchev–Trinajstić information content (AvgIpc) is 3.29. The number of nitrogens with zero attached hydrogens (tertiary/aromatic N) is 2. The fourth-order valence-corrected chi connectivity index (χ4v) is 5.52. The minimum Gasteiger partial charge on any atom is -0.490 e. The smallest absolute Gasteiger partial charge is 0.352 e. The Morgan fingerprint density at radius 1 is 1.00 bits per heavy atom. The van der Waals surface area contributed by atoms with Crippen molar-refractivity contribution in [3.63, 3.8) is 0 Å². The lowest BCUT2D eigenvalue weighted by Gasteiger charge is -2.33. The highest BCUT2D eigenvalue weighted by atomic mass is 16.5. The second-order valence-electron chi connectivity index (χ2n) is 10.1. The summed E-state index contributed by atoms with van der Waals surface area (Å²) in [6.07, 6.45) is 1.53. The van der Waals surface area contributed by atoms with E-state index in [4.69, 9.17) is 4.74 Å². The minimum atomic E-state index is -0.960. The van der Waals surface area contributed by atoms with Gasteiger partial charge in [-0.05, 0) is 80.2 Å². The van der Waals surface area contributed by atoms with Crippen molar-refractivity contribution in [2.45, 2.75) is 44.8 Å². The second-order valence-corrected chi connectivity index (χ2v) is 10.1. The lowest BCUT2D eigenvalue weighted by molar-refractivity contribution is 0.0599. The molecule has 0 saturated carbocycles. The standard InChI is InChI=1S/C30H34N2O4/c1-20(2)32-27-8-5-9-29(26(27)17-28(32)30(34)35)36-19-25(33)18-31-14-12-22(13-15-31)24-11-10-21-6-3-4-7-23(21)16-24/h3-11,16-17,20,22,25,33H,12-15,18-19H2,1-2H3,(H,34,35). The van der Waals surface area contributed by atoms with E-state index in [2.05, 4.69) is 47.4 Å². The number of likely N-dealkylation sites (tertiary alicyclic amines) is 1. The van der Waals surface area contributed by atoms with Crippen molar-refractivity contribution in [2.24, 2.45) is 0 Å². The molecule has 6 nitrogen and oxygen atoms in total. The summed E-state index contributed by atoms with van der Waals surface area (Å²) in [5.74, 6) is 0.187. The van der Waals surface area contributed by atoms with Crippen LogP contribution in [0.15, 0.2) is 66.7 Å². The van der Waals surface area contributed by atoms with Gasteiger partial charge in [-0.25, -0.2) is 4.79 Å². The Morgan fingerprint density at radius 2 is 1.75 bits per heavy atom. The van der Waals surface area contributed by atoms with Crippen LogP contribution in [-0.2, 0) is 0 Å². The number of rotatable bonds is 8. The van der Waals surface area contributed by atoms with Crippen LogP contribution in [0.5, 0.6) is 5.75 Å². The van der Waals surface area contributed by atoms with Crippen molar-refractivity contribution in [2.75, 3.05) is 26.2 Å². The SMILES string of the molecule is CC(C)n1c(C(=O)O)cc2c(OCC(O)CN3CCC(c4ccc5ccccc5c4)CC3)cccc21. The highest BCUT2D eigenvalue weighted by molar-refractivity contribution is 5.97. The second kappa shape index (κ2) is 10.3. The molecule has 1 aliphatic rings. The molecule has 0 amide bonds. The Bertz CT molecular complexity index is 1370. The molecule has 6 heteroatoms. The van der Waals surface area contributed by atoms with E-state index in [-0.39, 0.29) is 18.3 Å². The lowest BCUT2D eigenvalue weighted by Crippen LogP contribution is -2.40. The van der Waals surface area contributed by atoms with Crippen LogP contribution < -0.4 is 4.74 Å². The van der Waals surface area contributed by atoms with Crippen LogP contribution in [0.25, 0.3) is 21.7 Å². The number of piperidine rings is 1. The van der Waals surface area contributed by atoms with Gasteiger partial charge in [0.15, 0.2) is 0 Å². The number of aliphatic hydroxyl groups excluding tert-OH is 1. The number of ether oxygens (including phenoxy) is 1. The van der Waals surface area contributed by atoms with Gasteiger partial charge in [-0.2, -0.15) is 0 Å². The van der Waals surface area contributed by atoms with Gasteiger partial charge < -0.3 is 24.4 Å². The van der Waals surface area contributed by atoms with E-state index in [1.54, 1.807) is 10.6 Å². The fourth-order valence-electron chi connectivity index (χ4n) is 5.52. The third kappa shape index (κ3) is 4.97. The Hall–Kier alpha value is -3.35. The summed E-state index contributed by atoms with van der Waals surface area (Å²) in [4.78, 5) is 14.1. The quantitative estimate of drug-likeness (QED) is 0.335. The molecule has 0 aliphatic carbocycles. The van der Waals surface area contributed by atoms with Gasteiger partial charge >= 0.3 is 5.97 Å². The summed E-state index contributed by atoms with van der Waals surface area (Å²) in [5.41, 5.74) is 2.47. The molecule has 3 aromatic carbocycles. The van der Waals surface area contributed by atoms with Crippen molar-refractivity contribution in [3.8, 4) is 5.75 Å². The van der Waals surface area contributed by atoms with Crippen LogP contribution in [0.4, 0.5) is 0 Å². The zero-order valence-corrected chi connectivity index (χ0v) is 20.9. The Kier molecular flexibility index (Phi) is 6.99. The van der Waals surface area contributed by atoms with Gasteiger partial charge in [0.05, 0.1) is 5.52 Å². The summed E-state index contributed by atoms with van der Waals surface area (Å²) in [6, 6.07) is 22.6. The number of hydrogen-bond donors (Lipinski definition) is 2. The van der Waals surface area contributed by atoms with E-state index in [0.29, 0.717) is 18.2 Å². The third-order valence-corrected chi connectivity index (χ3v) is 7.31. The number of carboxylic acid groups (broad SMARTS) is 1. The number of hydrogen-bond acceptors (Lipinski definition) is 4. The van der Waals surface area contributed by atoms with Crippen LogP contribution in [-0.4, -0.2) is 58.0 Å². The Labute approximate surface area is 211 Å². The minimum absolute atomic E-state index is 0.00646. The van der Waals surface area contributed by atoms with E-state index in [9.17, 15) is 15.0 Å². The van der Waals surface area contributed by atoms with Crippen LogP contribution in [0.2, 0.25) is 0 Å². The molecule has 2 heterocycles. The van der Waals surface area contributed by atoms with Crippen LogP contribution in [0, 0.1) is 0 Å². The number of aromatic nitrogens is 1. The zero-order chi connectivity index (χ0) is 25.2. The van der Waals surface area contributed by atoms with Gasteiger partial charge in [-0.3, -0.25) is 0 Å². The number of aliphatic hydroxyl groups is 1. The number of carboxylic acids is 1. The molecule has 4 aromatic rings. The number of β-amino-alcohol motifs (C(OH)–C–C–N with tert-alkyl or cyclic N) is 1. The molecule has 1 atom stereocenters. The molecular weight excluding hydrogens is 452 g/mol. The van der Waals surface area contributed by atoms with Crippen molar-refractivity contribution in [1.29, 1.82) is 0 Å². The van der Waals surface area contributed by atoms with Gasteiger partial charge in [-0.1, -0.05) is 48.5 Å². The summed E-state index contributed by atoms with van der Waals surface area (Å²) < 4.78 is 7.81. The topological polar surface area (TPSA) is 74.9 Å². The predicted molar refractivity (Wildman–Crippen MR) is 143 cm³/mol. The monoisotopic (exact) mass is 486 g/mol. The number of carbonyl (C=O) groups is 1. The fraction of sp³-hybridized carbons (Fsp3) is 0.367. The first-order valence-electron chi connectivity index (χ1n) is 12.8. The van der Waals surface area contributed by atoms with E-state index in [0.717, 1.165) is 36.8 Å². The summed E-state index contributed by atoms with van der Waals surface area (Å²) >= 11 is 0. The molecule has 1 aromatic heterocycles. The summed E-state index contributed by atoms with van der Waals surface area (Å²) in [6.45, 7) is 6.55. The first-order chi connectivity index (χ1) is 17.4. The third-order valence-electron chi connectivity index (χ3n) is 7.31. The molecule has 36 heavy (non-hydrogen) atoms. The van der Waals surface area contributed by atoms with Crippen molar-refractivity contribution in [3.05, 3.63) is 78.0 Å². The van der Waals surface area contributed by atoms with Gasteiger partial charge in [-0.15, -0.1) is 0 Å². The number of fused-ring (bicyclic) bond motifs is 2. The van der Waals surface area contributed by atoms with Gasteiger partial charge in [0.1, 0.15) is 24.2 Å². The predicted octanol–water partition coefficient (Wildman–Crippen LogP) is 5.69. The van der Waals surface area contributed by atoms with E-state index in [1.165, 1.54) is 16.3 Å². The molecule has 0 radical (unpaired) electrons. The number of benzene rings is 3. The average molecular weight is 487 g/mol. The van der Waals surface area contributed by atoms with E-state index in [1.807, 2.05) is 32.0 Å². The molecular formula is C30H34N2O4. The molecule has 1 saturated heterocycles. The molecule has 2 N–H and O–H groups in total. The molecule has 5 rings (SSSR count). The molecule has 1 unspecified atom stereocenters. The van der Waals surface area contributed by atoms with Crippen molar-refractivity contribution in [1.82, 2.24) is 9.47 Å². The van der Waals surface area contributed by atoms with Crippen molar-refractivity contribution < 1.29 is 19.7 Å². The van der Waals surface area contributed by atoms with E-state index < -0.39 is 12.1 Å². The normalized spacial score (nSPS) is 16.1. The van der Waals surface area contributed by atoms with Crippen LogP contribution >= 0.6 is 0 Å². The van der Waals surface area contributed by atoms with Gasteiger partial charge in [0.2, 0.25) is 0 Å². The highest BCUT2D eigenvalue weighted by Crippen LogP contribution is 2.32.